The molecule has 0 atom stereocenters. The standard InChI is InChI=1S/C18H13N5O.C14H11N5O.C13H11N5O/c1-2-8-15(9-3-1)24-16-10-6-7-14(13-16)23-21-18(20-22-23)17-11-4-5-12-19-17;1-10(20)11-5-4-6-12(9-11)19-17-14(16-18-19)13-7-2-3-8-15-13;19-9-10-4-3-5-11(8-10)18-16-13(15-17-18)12-6-1-2-7-14-12/h1-13H;2-9H,1H3;1-8,19H,9H2. The number of rotatable bonds is 10. The van der Waals surface area contributed by atoms with E-state index in [1.165, 1.54) is 21.3 Å². The summed E-state index contributed by atoms with van der Waals surface area (Å²) in [5, 5.41) is 46.1. The monoisotopic (exact) mass is 833 g/mol. The lowest BCUT2D eigenvalue weighted by Gasteiger charge is -2.06. The number of carbonyl (C=O) groups is 1. The van der Waals surface area contributed by atoms with Gasteiger partial charge in [-0.15, -0.1) is 45.0 Å². The maximum absolute atomic E-state index is 11.4. The second-order valence-electron chi connectivity index (χ2n) is 13.2. The van der Waals surface area contributed by atoms with Crippen molar-refractivity contribution in [3.05, 3.63) is 187 Å². The lowest BCUT2D eigenvalue weighted by molar-refractivity contribution is 0.101. The number of aliphatic hydroxyl groups is 1. The van der Waals surface area contributed by atoms with Gasteiger partial charge < -0.3 is 9.84 Å². The van der Waals surface area contributed by atoms with E-state index in [1.807, 2.05) is 140 Å². The molecule has 0 spiro atoms. The van der Waals surface area contributed by atoms with Crippen molar-refractivity contribution in [1.82, 2.24) is 75.6 Å². The third-order valence-electron chi connectivity index (χ3n) is 8.76. The minimum atomic E-state index is -0.0182. The molecule has 10 aromatic rings. The van der Waals surface area contributed by atoms with E-state index in [9.17, 15) is 4.79 Å². The summed E-state index contributed by atoms with van der Waals surface area (Å²) in [7, 11) is 0. The van der Waals surface area contributed by atoms with E-state index in [1.54, 1.807) is 36.8 Å². The molecular formula is C45H35N15O3. The highest BCUT2D eigenvalue weighted by Crippen LogP contribution is 2.23. The number of Topliss-reactive ketones (excluding diaryl/α,β-unsaturated/α-hetero) is 1. The van der Waals surface area contributed by atoms with E-state index in [4.69, 9.17) is 9.84 Å². The molecule has 0 aliphatic carbocycles. The molecule has 0 unspecified atom stereocenters. The van der Waals surface area contributed by atoms with Crippen molar-refractivity contribution in [1.29, 1.82) is 0 Å². The van der Waals surface area contributed by atoms with Crippen LogP contribution in [0.3, 0.4) is 0 Å². The Labute approximate surface area is 359 Å². The van der Waals surface area contributed by atoms with Crippen LogP contribution in [0, 0.1) is 0 Å². The Kier molecular flexibility index (Phi) is 12.8. The van der Waals surface area contributed by atoms with Gasteiger partial charge in [0.1, 0.15) is 28.6 Å². The van der Waals surface area contributed by atoms with Crippen LogP contribution in [0.2, 0.25) is 0 Å². The molecule has 18 heteroatoms. The Morgan fingerprint density at radius 2 is 0.937 bits per heavy atom. The quantitative estimate of drug-likeness (QED) is 0.143. The first-order valence-corrected chi connectivity index (χ1v) is 19.3. The summed E-state index contributed by atoms with van der Waals surface area (Å²) in [4.78, 5) is 28.2. The molecule has 18 nitrogen and oxygen atoms in total. The first kappa shape index (κ1) is 40.7. The zero-order valence-electron chi connectivity index (χ0n) is 33.4. The molecule has 0 amide bonds. The second kappa shape index (κ2) is 19.8. The molecule has 0 saturated heterocycles. The minimum Gasteiger partial charge on any atom is -0.457 e. The molecule has 0 aliphatic rings. The smallest absolute Gasteiger partial charge is 0.223 e. The van der Waals surface area contributed by atoms with Crippen LogP contribution in [0.15, 0.2) is 176 Å². The fourth-order valence-corrected chi connectivity index (χ4v) is 5.69. The summed E-state index contributed by atoms with van der Waals surface area (Å²) < 4.78 is 5.83. The van der Waals surface area contributed by atoms with E-state index >= 15 is 0 Å². The Bertz CT molecular complexity index is 3020. The van der Waals surface area contributed by atoms with Gasteiger partial charge in [-0.3, -0.25) is 19.7 Å². The summed E-state index contributed by atoms with van der Waals surface area (Å²) in [6, 6.07) is 48.1. The molecule has 0 saturated carbocycles. The van der Waals surface area contributed by atoms with Crippen LogP contribution in [-0.2, 0) is 6.61 Å². The third-order valence-corrected chi connectivity index (χ3v) is 8.76. The van der Waals surface area contributed by atoms with Crippen LogP contribution >= 0.6 is 0 Å². The summed E-state index contributed by atoms with van der Waals surface area (Å²) in [6.07, 6.45) is 5.05. The number of nitrogens with zero attached hydrogens (tertiary/aromatic N) is 15. The molecule has 0 radical (unpaired) electrons. The highest BCUT2D eigenvalue weighted by Gasteiger charge is 2.12. The molecular weight excluding hydrogens is 799 g/mol. The van der Waals surface area contributed by atoms with Gasteiger partial charge in [-0.1, -0.05) is 66.7 Å². The first-order chi connectivity index (χ1) is 31.0. The Hall–Kier alpha value is -9.03. The molecule has 0 fully saturated rings. The molecule has 10 rings (SSSR count). The number of ketones is 1. The topological polar surface area (TPSA) is 216 Å². The Morgan fingerprint density at radius 3 is 1.41 bits per heavy atom. The summed E-state index contributed by atoms with van der Waals surface area (Å²) in [5.74, 6) is 2.86. The molecule has 1 N–H and O–H groups in total. The largest absolute Gasteiger partial charge is 0.457 e. The Morgan fingerprint density at radius 1 is 0.492 bits per heavy atom. The molecule has 6 aromatic heterocycles. The number of hydrogen-bond acceptors (Lipinski definition) is 15. The molecule has 0 bridgehead atoms. The minimum absolute atomic E-state index is 0.00286. The van der Waals surface area contributed by atoms with E-state index < -0.39 is 0 Å². The highest BCUT2D eigenvalue weighted by molar-refractivity contribution is 5.94. The van der Waals surface area contributed by atoms with Gasteiger partial charge in [-0.2, -0.15) is 0 Å². The fourth-order valence-electron chi connectivity index (χ4n) is 5.69. The number of aromatic nitrogens is 15. The van der Waals surface area contributed by atoms with Gasteiger partial charge in [-0.25, -0.2) is 0 Å². The maximum Gasteiger partial charge on any atom is 0.223 e. The van der Waals surface area contributed by atoms with Crippen molar-refractivity contribution in [3.63, 3.8) is 0 Å². The average Bonchev–Trinajstić information content (AvgIpc) is 4.17. The number of pyridine rings is 3. The van der Waals surface area contributed by atoms with Gasteiger partial charge in [-0.05, 0) is 113 Å². The van der Waals surface area contributed by atoms with Gasteiger partial charge in [0, 0.05) is 30.2 Å². The van der Waals surface area contributed by atoms with Gasteiger partial charge in [0.2, 0.25) is 17.5 Å². The van der Waals surface area contributed by atoms with Crippen molar-refractivity contribution >= 4 is 5.78 Å². The normalized spacial score (nSPS) is 10.5. The van der Waals surface area contributed by atoms with Crippen LogP contribution < -0.4 is 4.74 Å². The highest BCUT2D eigenvalue weighted by atomic mass is 16.5. The van der Waals surface area contributed by atoms with E-state index in [0.29, 0.717) is 51.6 Å². The van der Waals surface area contributed by atoms with Gasteiger partial charge in [0.05, 0.1) is 23.7 Å². The maximum atomic E-state index is 11.4. The number of ether oxygens (including phenoxy) is 1. The van der Waals surface area contributed by atoms with E-state index in [2.05, 4.69) is 61.2 Å². The van der Waals surface area contributed by atoms with Crippen molar-refractivity contribution in [2.45, 2.75) is 13.5 Å². The predicted octanol–water partition coefficient (Wildman–Crippen LogP) is 6.66. The second-order valence-corrected chi connectivity index (χ2v) is 13.2. The third kappa shape index (κ3) is 10.6. The molecule has 4 aromatic carbocycles. The number of carbonyl (C=O) groups excluding carboxylic acids is 1. The molecule has 63 heavy (non-hydrogen) atoms. The SMILES string of the molecule is CC(=O)c1cccc(-n2nnc(-c3ccccn3)n2)c1.OCc1cccc(-n2nnc(-c3ccccn3)n2)c1.c1ccc(Oc2cccc(-n3nnc(-c4ccccn4)n3)c2)cc1. The first-order valence-electron chi connectivity index (χ1n) is 19.3. The Balaban J connectivity index is 0.000000131. The number of para-hydroxylation sites is 1. The number of hydrogen-bond donors (Lipinski definition) is 1. The van der Waals surface area contributed by atoms with E-state index in [-0.39, 0.29) is 12.4 Å². The zero-order valence-corrected chi connectivity index (χ0v) is 33.4. The molecule has 308 valence electrons. The summed E-state index contributed by atoms with van der Waals surface area (Å²) >= 11 is 0. The van der Waals surface area contributed by atoms with Gasteiger partial charge in [0.25, 0.3) is 0 Å². The lowest BCUT2D eigenvalue weighted by Crippen LogP contribution is -2.01. The lowest BCUT2D eigenvalue weighted by atomic mass is 10.1. The summed E-state index contributed by atoms with van der Waals surface area (Å²) in [5.41, 5.74) is 5.62. The molecule has 6 heterocycles. The number of tetrazole rings is 3. The fraction of sp³-hybridized carbons (Fsp3) is 0.0444. The average molecular weight is 834 g/mol. The van der Waals surface area contributed by atoms with E-state index in [0.717, 1.165) is 22.7 Å². The van der Waals surface area contributed by atoms with Gasteiger partial charge >= 0.3 is 0 Å². The van der Waals surface area contributed by atoms with Gasteiger partial charge in [0.15, 0.2) is 5.78 Å². The van der Waals surface area contributed by atoms with Crippen LogP contribution in [0.4, 0.5) is 0 Å². The van der Waals surface area contributed by atoms with Crippen LogP contribution in [-0.4, -0.2) is 86.5 Å². The van der Waals surface area contributed by atoms with Crippen molar-refractivity contribution in [2.24, 2.45) is 0 Å². The number of aliphatic hydroxyl groups excluding tert-OH is 1. The van der Waals surface area contributed by atoms with Crippen molar-refractivity contribution in [3.8, 4) is 63.1 Å². The van der Waals surface area contributed by atoms with Crippen molar-refractivity contribution in [2.75, 3.05) is 0 Å². The molecule has 0 aliphatic heterocycles. The summed E-state index contributed by atoms with van der Waals surface area (Å²) in [6.45, 7) is 1.50. The van der Waals surface area contributed by atoms with Crippen LogP contribution in [0.1, 0.15) is 22.8 Å². The number of benzene rings is 4. The van der Waals surface area contributed by atoms with Crippen molar-refractivity contribution < 1.29 is 14.6 Å². The van der Waals surface area contributed by atoms with Crippen LogP contribution in [0.25, 0.3) is 51.6 Å². The predicted molar refractivity (Wildman–Crippen MR) is 230 cm³/mol. The van der Waals surface area contributed by atoms with Crippen LogP contribution in [0.5, 0.6) is 11.5 Å². The zero-order chi connectivity index (χ0) is 43.2.